The van der Waals surface area contributed by atoms with Crippen LogP contribution in [-0.4, -0.2) is 12.4 Å². The third-order valence-electron chi connectivity index (χ3n) is 2.95. The van der Waals surface area contributed by atoms with E-state index in [1.165, 1.54) is 0 Å². The van der Waals surface area contributed by atoms with Crippen molar-refractivity contribution in [3.8, 4) is 5.75 Å². The number of ether oxygens (including phenoxy) is 1. The van der Waals surface area contributed by atoms with Crippen LogP contribution in [0.5, 0.6) is 5.75 Å². The van der Waals surface area contributed by atoms with Crippen molar-refractivity contribution in [1.82, 2.24) is 0 Å². The number of nitrogens with one attached hydrogen (secondary N) is 1. The number of benzene rings is 1. The fourth-order valence-electron chi connectivity index (χ4n) is 1.78. The van der Waals surface area contributed by atoms with E-state index in [2.05, 4.69) is 15.9 Å². The molecule has 5 heteroatoms. The summed E-state index contributed by atoms with van der Waals surface area (Å²) in [7, 11) is 0. The molecule has 0 heterocycles. The molecule has 3 N–H and O–H groups in total. The molecule has 1 fully saturated rings. The first-order chi connectivity index (χ1) is 8.01. The standard InChI is InChI=1S/C12H14BrClN2O/c13-9-5-8(14)1-2-10(9)17-7-12(3-4-12)6-11(15)16/h1-2,5H,3-4,6-7H2,(H3,15,16). The second kappa shape index (κ2) is 4.86. The van der Waals surface area contributed by atoms with E-state index in [1.807, 2.05) is 6.07 Å². The summed E-state index contributed by atoms with van der Waals surface area (Å²) in [6, 6.07) is 5.45. The third kappa shape index (κ3) is 3.36. The molecule has 1 aliphatic carbocycles. The first-order valence-corrected chi connectivity index (χ1v) is 6.59. The van der Waals surface area contributed by atoms with Crippen LogP contribution in [0, 0.1) is 10.8 Å². The first-order valence-electron chi connectivity index (χ1n) is 5.42. The number of nitrogens with two attached hydrogens (primary N) is 1. The van der Waals surface area contributed by atoms with Crippen molar-refractivity contribution < 1.29 is 4.74 Å². The molecule has 1 aromatic rings. The Morgan fingerprint density at radius 2 is 2.24 bits per heavy atom. The molecule has 0 amide bonds. The van der Waals surface area contributed by atoms with Crippen LogP contribution >= 0.6 is 27.5 Å². The van der Waals surface area contributed by atoms with Gasteiger partial charge < -0.3 is 10.5 Å². The molecule has 0 unspecified atom stereocenters. The fraction of sp³-hybridized carbons (Fsp3) is 0.417. The molecule has 3 nitrogen and oxygen atoms in total. The number of hydrogen-bond donors (Lipinski definition) is 2. The van der Waals surface area contributed by atoms with Crippen LogP contribution < -0.4 is 10.5 Å². The maximum atomic E-state index is 7.34. The molecule has 2 rings (SSSR count). The lowest BCUT2D eigenvalue weighted by Crippen LogP contribution is -2.21. The molecule has 0 atom stereocenters. The second-order valence-corrected chi connectivity index (χ2v) is 5.86. The second-order valence-electron chi connectivity index (χ2n) is 4.57. The summed E-state index contributed by atoms with van der Waals surface area (Å²) in [6.07, 6.45) is 2.79. The van der Waals surface area contributed by atoms with Gasteiger partial charge in [0.1, 0.15) is 5.75 Å². The third-order valence-corrected chi connectivity index (χ3v) is 3.81. The summed E-state index contributed by atoms with van der Waals surface area (Å²) < 4.78 is 6.61. The van der Waals surface area contributed by atoms with Gasteiger partial charge in [0, 0.05) is 16.9 Å². The van der Waals surface area contributed by atoms with Gasteiger partial charge in [0.25, 0.3) is 0 Å². The Kier molecular flexibility index (Phi) is 3.64. The van der Waals surface area contributed by atoms with Gasteiger partial charge in [-0.2, -0.15) is 0 Å². The smallest absolute Gasteiger partial charge is 0.133 e. The van der Waals surface area contributed by atoms with Gasteiger partial charge in [-0.05, 0) is 47.0 Å². The van der Waals surface area contributed by atoms with E-state index in [1.54, 1.807) is 12.1 Å². The van der Waals surface area contributed by atoms with E-state index < -0.39 is 0 Å². The molecule has 1 aliphatic rings. The lowest BCUT2D eigenvalue weighted by molar-refractivity contribution is 0.237. The zero-order valence-corrected chi connectivity index (χ0v) is 11.6. The number of rotatable bonds is 5. The SMILES string of the molecule is N=C(N)CC1(COc2ccc(Cl)cc2Br)CC1. The molecule has 0 spiro atoms. The van der Waals surface area contributed by atoms with Crippen molar-refractivity contribution in [3.63, 3.8) is 0 Å². The van der Waals surface area contributed by atoms with Crippen LogP contribution in [0.2, 0.25) is 5.02 Å². The summed E-state index contributed by atoms with van der Waals surface area (Å²) in [4.78, 5) is 0. The largest absolute Gasteiger partial charge is 0.492 e. The summed E-state index contributed by atoms with van der Waals surface area (Å²) in [5, 5.41) is 8.01. The Hall–Kier alpha value is -0.740. The molecule has 0 radical (unpaired) electrons. The van der Waals surface area contributed by atoms with Gasteiger partial charge in [-0.25, -0.2) is 0 Å². The highest BCUT2D eigenvalue weighted by Gasteiger charge is 2.44. The molecule has 0 aromatic heterocycles. The van der Waals surface area contributed by atoms with Gasteiger partial charge in [-0.3, -0.25) is 5.41 Å². The molecule has 17 heavy (non-hydrogen) atoms. The highest BCUT2D eigenvalue weighted by atomic mass is 79.9. The van der Waals surface area contributed by atoms with E-state index in [-0.39, 0.29) is 11.3 Å². The van der Waals surface area contributed by atoms with Crippen LogP contribution in [0.25, 0.3) is 0 Å². The van der Waals surface area contributed by atoms with Crippen LogP contribution in [0.4, 0.5) is 0 Å². The van der Waals surface area contributed by atoms with Crippen molar-refractivity contribution >= 4 is 33.4 Å². The quantitative estimate of drug-likeness (QED) is 0.644. The van der Waals surface area contributed by atoms with Gasteiger partial charge in [-0.15, -0.1) is 0 Å². The molecule has 0 bridgehead atoms. The van der Waals surface area contributed by atoms with Gasteiger partial charge in [0.05, 0.1) is 16.9 Å². The zero-order valence-electron chi connectivity index (χ0n) is 9.30. The number of amidine groups is 1. The van der Waals surface area contributed by atoms with E-state index >= 15 is 0 Å². The summed E-state index contributed by atoms with van der Waals surface area (Å²) in [5.41, 5.74) is 5.53. The van der Waals surface area contributed by atoms with Crippen molar-refractivity contribution in [2.45, 2.75) is 19.3 Å². The maximum absolute atomic E-state index is 7.34. The Morgan fingerprint density at radius 3 is 2.76 bits per heavy atom. The van der Waals surface area contributed by atoms with Crippen molar-refractivity contribution in [2.24, 2.45) is 11.1 Å². The van der Waals surface area contributed by atoms with E-state index in [4.69, 9.17) is 27.5 Å². The minimum absolute atomic E-state index is 0.0882. The van der Waals surface area contributed by atoms with Crippen LogP contribution in [0.15, 0.2) is 22.7 Å². The lowest BCUT2D eigenvalue weighted by Gasteiger charge is -2.16. The van der Waals surface area contributed by atoms with E-state index in [0.29, 0.717) is 18.1 Å². The maximum Gasteiger partial charge on any atom is 0.133 e. The molecule has 92 valence electrons. The summed E-state index contributed by atoms with van der Waals surface area (Å²) in [5.74, 6) is 1.02. The summed E-state index contributed by atoms with van der Waals surface area (Å²) in [6.45, 7) is 0.604. The summed E-state index contributed by atoms with van der Waals surface area (Å²) >= 11 is 9.27. The Bertz CT molecular complexity index is 446. The monoisotopic (exact) mass is 316 g/mol. The number of halogens is 2. The fourth-order valence-corrected chi connectivity index (χ4v) is 2.57. The highest BCUT2D eigenvalue weighted by molar-refractivity contribution is 9.10. The molecule has 1 saturated carbocycles. The predicted octanol–water partition coefficient (Wildman–Crippen LogP) is 3.59. The molecular formula is C12H14BrClN2O. The van der Waals surface area contributed by atoms with Crippen molar-refractivity contribution in [2.75, 3.05) is 6.61 Å². The predicted molar refractivity (Wildman–Crippen MR) is 72.8 cm³/mol. The van der Waals surface area contributed by atoms with Gasteiger partial charge >= 0.3 is 0 Å². The molecule has 1 aromatic carbocycles. The Labute approximate surface area is 114 Å². The average molecular weight is 318 g/mol. The zero-order chi connectivity index (χ0) is 12.5. The minimum Gasteiger partial charge on any atom is -0.492 e. The molecule has 0 aliphatic heterocycles. The minimum atomic E-state index is 0.0882. The normalized spacial score (nSPS) is 16.6. The van der Waals surface area contributed by atoms with Gasteiger partial charge in [-0.1, -0.05) is 11.6 Å². The molecular weight excluding hydrogens is 304 g/mol. The van der Waals surface area contributed by atoms with Crippen molar-refractivity contribution in [3.05, 3.63) is 27.7 Å². The Balaban J connectivity index is 1.96. The van der Waals surface area contributed by atoms with Crippen LogP contribution in [0.1, 0.15) is 19.3 Å². The van der Waals surface area contributed by atoms with E-state index in [9.17, 15) is 0 Å². The molecule has 0 saturated heterocycles. The van der Waals surface area contributed by atoms with Gasteiger partial charge in [0.2, 0.25) is 0 Å². The highest BCUT2D eigenvalue weighted by Crippen LogP contribution is 2.49. The van der Waals surface area contributed by atoms with E-state index in [0.717, 1.165) is 23.1 Å². The Morgan fingerprint density at radius 1 is 1.53 bits per heavy atom. The van der Waals surface area contributed by atoms with Crippen LogP contribution in [-0.2, 0) is 0 Å². The van der Waals surface area contributed by atoms with Gasteiger partial charge in [0.15, 0.2) is 0 Å². The van der Waals surface area contributed by atoms with Crippen LogP contribution in [0.3, 0.4) is 0 Å². The average Bonchev–Trinajstić information content (AvgIpc) is 2.96. The first kappa shape index (κ1) is 12.7. The number of hydrogen-bond acceptors (Lipinski definition) is 2. The van der Waals surface area contributed by atoms with Crippen molar-refractivity contribution in [1.29, 1.82) is 5.41 Å². The topological polar surface area (TPSA) is 59.1 Å². The lowest BCUT2D eigenvalue weighted by atomic mass is 10.0.